The molecule has 1 fully saturated rings. The summed E-state index contributed by atoms with van der Waals surface area (Å²) in [7, 11) is 0. The van der Waals surface area contributed by atoms with Crippen molar-refractivity contribution in [3.05, 3.63) is 68.0 Å². The van der Waals surface area contributed by atoms with Crippen LogP contribution in [0.15, 0.2) is 34.6 Å². The minimum atomic E-state index is 0.307. The number of aryl methyl sites for hydroxylation is 6. The van der Waals surface area contributed by atoms with Gasteiger partial charge in [0.05, 0.1) is 0 Å². The lowest BCUT2D eigenvalue weighted by molar-refractivity contribution is 1.01. The van der Waals surface area contributed by atoms with Crippen LogP contribution in [0.5, 0.6) is 0 Å². The van der Waals surface area contributed by atoms with Crippen LogP contribution < -0.4 is 9.80 Å². The molecule has 1 saturated heterocycles. The molecule has 0 saturated carbocycles. The Hall–Kier alpha value is -1.64. The quantitative estimate of drug-likeness (QED) is 0.581. The van der Waals surface area contributed by atoms with Gasteiger partial charge in [-0.05, 0) is 63.8 Å². The molecule has 0 unspecified atom stereocenters. The summed E-state index contributed by atoms with van der Waals surface area (Å²) >= 11 is 12.8. The molecule has 0 aromatic heterocycles. The van der Waals surface area contributed by atoms with Crippen molar-refractivity contribution in [2.75, 3.05) is 22.9 Å². The minimum Gasteiger partial charge on any atom is -0.323 e. The van der Waals surface area contributed by atoms with Crippen molar-refractivity contribution in [1.82, 2.24) is 0 Å². The molecule has 0 radical (unpaired) electrons. The van der Waals surface area contributed by atoms with Crippen molar-refractivity contribution in [2.45, 2.75) is 41.5 Å². The van der Waals surface area contributed by atoms with Crippen LogP contribution >= 0.6 is 23.2 Å². The molecule has 4 heteroatoms. The van der Waals surface area contributed by atoms with Gasteiger partial charge in [0.2, 0.25) is 0 Å². The first-order valence-corrected chi connectivity index (χ1v) is 9.72. The predicted octanol–water partition coefficient (Wildman–Crippen LogP) is 6.47. The molecule has 1 aliphatic rings. The first-order chi connectivity index (χ1) is 12.2. The van der Waals surface area contributed by atoms with E-state index in [-0.39, 0.29) is 0 Å². The first kappa shape index (κ1) is 19.1. The van der Waals surface area contributed by atoms with Crippen LogP contribution in [-0.2, 0) is 0 Å². The molecule has 0 atom stereocenters. The van der Waals surface area contributed by atoms with E-state index in [9.17, 15) is 0 Å². The van der Waals surface area contributed by atoms with Gasteiger partial charge in [0.1, 0.15) is 10.3 Å². The van der Waals surface area contributed by atoms with Crippen molar-refractivity contribution < 1.29 is 0 Å². The zero-order valence-corrected chi connectivity index (χ0v) is 17.9. The summed E-state index contributed by atoms with van der Waals surface area (Å²) in [5, 5.41) is 0. The van der Waals surface area contributed by atoms with Crippen LogP contribution in [0.4, 0.5) is 11.4 Å². The second-order valence-electron chi connectivity index (χ2n) is 7.38. The maximum atomic E-state index is 6.41. The van der Waals surface area contributed by atoms with E-state index in [1.54, 1.807) is 0 Å². The van der Waals surface area contributed by atoms with E-state index in [1.807, 2.05) is 0 Å². The summed E-state index contributed by atoms with van der Waals surface area (Å²) in [6.07, 6.45) is 0. The van der Waals surface area contributed by atoms with Crippen LogP contribution in [0.1, 0.15) is 33.4 Å². The number of hydrogen-bond acceptors (Lipinski definition) is 2. The van der Waals surface area contributed by atoms with Gasteiger partial charge in [-0.15, -0.1) is 0 Å². The average Bonchev–Trinajstić information content (AvgIpc) is 2.89. The van der Waals surface area contributed by atoms with Crippen molar-refractivity contribution in [1.29, 1.82) is 0 Å². The number of rotatable bonds is 2. The van der Waals surface area contributed by atoms with Crippen LogP contribution in [-0.4, -0.2) is 13.1 Å². The van der Waals surface area contributed by atoms with E-state index >= 15 is 0 Å². The van der Waals surface area contributed by atoms with Gasteiger partial charge in [0, 0.05) is 24.5 Å². The van der Waals surface area contributed by atoms with E-state index in [2.05, 4.69) is 75.6 Å². The summed E-state index contributed by atoms with van der Waals surface area (Å²) in [6, 6.07) is 8.86. The Balaban J connectivity index is 2.13. The van der Waals surface area contributed by atoms with E-state index in [4.69, 9.17) is 23.2 Å². The Morgan fingerprint density at radius 3 is 1.23 bits per heavy atom. The largest absolute Gasteiger partial charge is 0.323 e. The third-order valence-corrected chi connectivity index (χ3v) is 5.38. The van der Waals surface area contributed by atoms with E-state index < -0.39 is 0 Å². The monoisotopic (exact) mass is 388 g/mol. The molecule has 138 valence electrons. The summed E-state index contributed by atoms with van der Waals surface area (Å²) in [6.45, 7) is 14.6. The SMILES string of the molecule is Cc1cc(C)c(N2CCN(c3c(C)cc(C)cc3C)C2=C(Cl)Cl)c(C)c1. The molecule has 2 nitrogen and oxygen atoms in total. The standard InChI is InChI=1S/C22H26Cl2N2/c1-13-9-15(3)19(16(4)10-13)25-7-8-26(22(25)21(23)24)20-17(5)11-14(2)12-18(20)6/h9-12H,7-8H2,1-6H3. The molecule has 3 rings (SSSR count). The molecule has 1 heterocycles. The lowest BCUT2D eigenvalue weighted by Gasteiger charge is -2.29. The van der Waals surface area contributed by atoms with E-state index in [1.165, 1.54) is 44.8 Å². The number of benzene rings is 2. The van der Waals surface area contributed by atoms with Gasteiger partial charge in [-0.25, -0.2) is 0 Å². The maximum Gasteiger partial charge on any atom is 0.147 e. The van der Waals surface area contributed by atoms with Crippen LogP contribution in [0.25, 0.3) is 0 Å². The number of nitrogens with zero attached hydrogens (tertiary/aromatic N) is 2. The maximum absolute atomic E-state index is 6.41. The van der Waals surface area contributed by atoms with Crippen molar-refractivity contribution in [3.63, 3.8) is 0 Å². The third-order valence-electron chi connectivity index (χ3n) is 5.04. The summed E-state index contributed by atoms with van der Waals surface area (Å²) in [4.78, 5) is 4.52. The summed E-state index contributed by atoms with van der Waals surface area (Å²) in [5.74, 6) is 0.874. The van der Waals surface area contributed by atoms with Gasteiger partial charge in [0.15, 0.2) is 0 Å². The molecule has 0 bridgehead atoms. The summed E-state index contributed by atoms with van der Waals surface area (Å²) < 4.78 is 0.307. The van der Waals surface area contributed by atoms with E-state index in [0.717, 1.165) is 18.9 Å². The molecular weight excluding hydrogens is 363 g/mol. The Bertz CT molecular complexity index is 782. The molecule has 26 heavy (non-hydrogen) atoms. The van der Waals surface area contributed by atoms with Gasteiger partial charge < -0.3 is 9.80 Å². The molecule has 2 aromatic carbocycles. The number of halogens is 2. The Labute approximate surface area is 167 Å². The highest BCUT2D eigenvalue weighted by Crippen LogP contribution is 2.40. The van der Waals surface area contributed by atoms with Crippen LogP contribution in [0, 0.1) is 41.5 Å². The first-order valence-electron chi connectivity index (χ1n) is 8.96. The fourth-order valence-corrected chi connectivity index (χ4v) is 4.80. The normalized spacial score (nSPS) is 14.4. The zero-order chi connectivity index (χ0) is 19.2. The zero-order valence-electron chi connectivity index (χ0n) is 16.4. The summed E-state index contributed by atoms with van der Waals surface area (Å²) in [5.41, 5.74) is 9.92. The second kappa shape index (κ2) is 7.17. The smallest absolute Gasteiger partial charge is 0.147 e. The van der Waals surface area contributed by atoms with Crippen molar-refractivity contribution in [3.8, 4) is 0 Å². The molecule has 2 aromatic rings. The molecule has 0 spiro atoms. The fourth-order valence-electron chi connectivity index (χ4n) is 4.39. The third kappa shape index (κ3) is 3.33. The molecule has 0 amide bonds. The van der Waals surface area contributed by atoms with Crippen LogP contribution in [0.3, 0.4) is 0 Å². The Morgan fingerprint density at radius 1 is 0.654 bits per heavy atom. The molecule has 0 aliphatic carbocycles. The van der Waals surface area contributed by atoms with Crippen molar-refractivity contribution >= 4 is 34.6 Å². The van der Waals surface area contributed by atoms with Crippen LogP contribution in [0.2, 0.25) is 0 Å². The fraction of sp³-hybridized carbons (Fsp3) is 0.364. The Kier molecular flexibility index (Phi) is 5.28. The highest BCUT2D eigenvalue weighted by Gasteiger charge is 2.32. The molecule has 0 N–H and O–H groups in total. The lowest BCUT2D eigenvalue weighted by Crippen LogP contribution is -2.25. The van der Waals surface area contributed by atoms with Gasteiger partial charge in [-0.3, -0.25) is 0 Å². The molecule has 1 aliphatic heterocycles. The van der Waals surface area contributed by atoms with Crippen molar-refractivity contribution in [2.24, 2.45) is 0 Å². The van der Waals surface area contributed by atoms with Gasteiger partial charge in [-0.1, -0.05) is 58.6 Å². The minimum absolute atomic E-state index is 0.307. The van der Waals surface area contributed by atoms with E-state index in [0.29, 0.717) is 4.49 Å². The van der Waals surface area contributed by atoms with Gasteiger partial charge >= 0.3 is 0 Å². The highest BCUT2D eigenvalue weighted by atomic mass is 35.5. The topological polar surface area (TPSA) is 6.48 Å². The second-order valence-corrected chi connectivity index (χ2v) is 8.33. The highest BCUT2D eigenvalue weighted by molar-refractivity contribution is 6.56. The van der Waals surface area contributed by atoms with Gasteiger partial charge in [0.25, 0.3) is 0 Å². The number of anilines is 2. The van der Waals surface area contributed by atoms with Gasteiger partial charge in [-0.2, -0.15) is 0 Å². The molecular formula is C22H26Cl2N2. The average molecular weight is 389 g/mol. The predicted molar refractivity (Wildman–Crippen MR) is 115 cm³/mol. The Morgan fingerprint density at radius 2 is 0.962 bits per heavy atom. The lowest BCUT2D eigenvalue weighted by atomic mass is 10.0. The number of hydrogen-bond donors (Lipinski definition) is 0.